The molecule has 1 saturated carbocycles. The van der Waals surface area contributed by atoms with Gasteiger partial charge in [0, 0.05) is 18.1 Å². The van der Waals surface area contributed by atoms with Crippen molar-refractivity contribution in [1.82, 2.24) is 9.80 Å². The lowest BCUT2D eigenvalue weighted by molar-refractivity contribution is -0.149. The molecular weight excluding hydrogens is 374 g/mol. The van der Waals surface area contributed by atoms with Gasteiger partial charge in [-0.15, -0.1) is 12.4 Å². The quantitative estimate of drug-likeness (QED) is 0.292. The van der Waals surface area contributed by atoms with Gasteiger partial charge in [-0.2, -0.15) is 0 Å². The SMILES string of the molecule is Cl.NC1CC[C@@H](N(CC(=O)O)CC(=O)O)[C@H](N(CC(=O)O)CC(=O)O)C1. The Kier molecular flexibility index (Phi) is 10.1. The predicted molar refractivity (Wildman–Crippen MR) is 90.3 cm³/mol. The van der Waals surface area contributed by atoms with Crippen LogP contribution in [0.5, 0.6) is 0 Å². The zero-order chi connectivity index (χ0) is 19.1. The highest BCUT2D eigenvalue weighted by atomic mass is 35.5. The van der Waals surface area contributed by atoms with Crippen LogP contribution in [-0.2, 0) is 19.2 Å². The Labute approximate surface area is 155 Å². The molecule has 0 aromatic rings. The van der Waals surface area contributed by atoms with Crippen molar-refractivity contribution in [1.29, 1.82) is 0 Å². The zero-order valence-corrected chi connectivity index (χ0v) is 14.8. The molecule has 1 rings (SSSR count). The Morgan fingerprint density at radius 3 is 1.42 bits per heavy atom. The van der Waals surface area contributed by atoms with E-state index in [4.69, 9.17) is 26.2 Å². The van der Waals surface area contributed by atoms with Crippen LogP contribution < -0.4 is 5.73 Å². The molecule has 12 heteroatoms. The molecule has 0 spiro atoms. The first-order chi connectivity index (χ1) is 11.6. The van der Waals surface area contributed by atoms with Crippen LogP contribution in [0, 0.1) is 0 Å². The van der Waals surface area contributed by atoms with Crippen molar-refractivity contribution >= 4 is 36.3 Å². The summed E-state index contributed by atoms with van der Waals surface area (Å²) in [5.41, 5.74) is 5.92. The average Bonchev–Trinajstić information content (AvgIpc) is 2.43. The molecule has 0 amide bonds. The van der Waals surface area contributed by atoms with E-state index in [2.05, 4.69) is 0 Å². The van der Waals surface area contributed by atoms with E-state index in [0.29, 0.717) is 12.8 Å². The molecule has 1 fully saturated rings. The van der Waals surface area contributed by atoms with Gasteiger partial charge in [0.1, 0.15) is 0 Å². The number of carboxylic acids is 4. The number of halogens is 1. The first-order valence-corrected chi connectivity index (χ1v) is 7.71. The second-order valence-electron chi connectivity index (χ2n) is 6.09. The fraction of sp³-hybridized carbons (Fsp3) is 0.714. The van der Waals surface area contributed by atoms with Gasteiger partial charge >= 0.3 is 23.9 Å². The molecule has 0 aliphatic heterocycles. The summed E-state index contributed by atoms with van der Waals surface area (Å²) in [7, 11) is 0. The van der Waals surface area contributed by atoms with Crippen LogP contribution in [0.3, 0.4) is 0 Å². The van der Waals surface area contributed by atoms with Crippen LogP contribution in [0.25, 0.3) is 0 Å². The molecule has 1 aliphatic rings. The third-order valence-corrected chi connectivity index (χ3v) is 4.11. The third kappa shape index (κ3) is 7.95. The van der Waals surface area contributed by atoms with E-state index in [1.165, 1.54) is 9.80 Å². The average molecular weight is 398 g/mol. The van der Waals surface area contributed by atoms with E-state index in [9.17, 15) is 19.2 Å². The summed E-state index contributed by atoms with van der Waals surface area (Å²) in [4.78, 5) is 46.7. The maximum Gasteiger partial charge on any atom is 0.317 e. The van der Waals surface area contributed by atoms with Crippen LogP contribution in [0.4, 0.5) is 0 Å². The van der Waals surface area contributed by atoms with Crippen molar-refractivity contribution in [2.24, 2.45) is 5.73 Å². The number of rotatable bonds is 10. The minimum atomic E-state index is -1.23. The minimum absolute atomic E-state index is 0. The van der Waals surface area contributed by atoms with Crippen molar-refractivity contribution in [3.8, 4) is 0 Å². The van der Waals surface area contributed by atoms with Gasteiger partial charge in [-0.1, -0.05) is 0 Å². The maximum absolute atomic E-state index is 11.1. The number of hydrogen-bond donors (Lipinski definition) is 5. The number of nitrogens with two attached hydrogens (primary N) is 1. The monoisotopic (exact) mass is 397 g/mol. The van der Waals surface area contributed by atoms with E-state index in [-0.39, 0.29) is 24.9 Å². The van der Waals surface area contributed by atoms with Crippen molar-refractivity contribution in [3.63, 3.8) is 0 Å². The Morgan fingerprint density at radius 2 is 1.08 bits per heavy atom. The zero-order valence-electron chi connectivity index (χ0n) is 14.0. The second kappa shape index (κ2) is 10.9. The smallest absolute Gasteiger partial charge is 0.317 e. The van der Waals surface area contributed by atoms with Gasteiger partial charge in [-0.05, 0) is 19.3 Å². The van der Waals surface area contributed by atoms with Gasteiger partial charge in [0.25, 0.3) is 0 Å². The number of carboxylic acid groups (broad SMARTS) is 4. The predicted octanol–water partition coefficient (Wildman–Crippen LogP) is -1.40. The van der Waals surface area contributed by atoms with Gasteiger partial charge in [-0.25, -0.2) is 0 Å². The third-order valence-electron chi connectivity index (χ3n) is 4.11. The summed E-state index contributed by atoms with van der Waals surface area (Å²) in [5.74, 6) is -4.92. The van der Waals surface area contributed by atoms with Gasteiger partial charge in [0.2, 0.25) is 0 Å². The van der Waals surface area contributed by atoms with E-state index in [0.717, 1.165) is 0 Å². The molecule has 1 unspecified atom stereocenters. The highest BCUT2D eigenvalue weighted by molar-refractivity contribution is 5.85. The van der Waals surface area contributed by atoms with Gasteiger partial charge in [0.05, 0.1) is 26.2 Å². The van der Waals surface area contributed by atoms with Gasteiger partial charge in [0.15, 0.2) is 0 Å². The van der Waals surface area contributed by atoms with Crippen molar-refractivity contribution in [2.45, 2.75) is 37.4 Å². The molecule has 11 nitrogen and oxygen atoms in total. The summed E-state index contributed by atoms with van der Waals surface area (Å²) >= 11 is 0. The minimum Gasteiger partial charge on any atom is -0.480 e. The van der Waals surface area contributed by atoms with Crippen LogP contribution in [-0.4, -0.2) is 98.4 Å². The van der Waals surface area contributed by atoms with Crippen LogP contribution in [0.15, 0.2) is 0 Å². The fourth-order valence-corrected chi connectivity index (χ4v) is 3.26. The van der Waals surface area contributed by atoms with Crippen molar-refractivity contribution < 1.29 is 39.6 Å². The van der Waals surface area contributed by atoms with Crippen LogP contribution >= 0.6 is 12.4 Å². The topological polar surface area (TPSA) is 182 Å². The van der Waals surface area contributed by atoms with E-state index < -0.39 is 62.1 Å². The van der Waals surface area contributed by atoms with Crippen molar-refractivity contribution in [2.75, 3.05) is 26.2 Å². The van der Waals surface area contributed by atoms with E-state index in [1.807, 2.05) is 0 Å². The Hall–Kier alpha value is -1.95. The molecule has 0 radical (unpaired) electrons. The summed E-state index contributed by atoms with van der Waals surface area (Å²) in [6.07, 6.45) is 1.11. The van der Waals surface area contributed by atoms with E-state index in [1.54, 1.807) is 0 Å². The molecule has 26 heavy (non-hydrogen) atoms. The molecule has 0 heterocycles. The summed E-state index contributed by atoms with van der Waals surface area (Å²) in [6, 6.07) is -1.59. The maximum atomic E-state index is 11.1. The van der Waals surface area contributed by atoms with Crippen LogP contribution in [0.2, 0.25) is 0 Å². The number of aliphatic carboxylic acids is 4. The molecule has 0 aromatic carbocycles. The first kappa shape index (κ1) is 24.1. The molecule has 0 saturated heterocycles. The highest BCUT2D eigenvalue weighted by Gasteiger charge is 2.39. The lowest BCUT2D eigenvalue weighted by Crippen LogP contribution is -2.59. The molecule has 0 aromatic heterocycles. The normalized spacial score (nSPS) is 22.7. The standard InChI is InChI=1S/C14H23N3O8.ClH/c15-8-1-2-9(16(4-11(18)19)5-12(20)21)10(3-8)17(6-13(22)23)7-14(24)25;/h8-10H,1-7,15H2,(H,18,19)(H,20,21)(H,22,23)(H,24,25);1H/t8?,9-,10-;/m1./s1. The Morgan fingerprint density at radius 1 is 0.731 bits per heavy atom. The van der Waals surface area contributed by atoms with Gasteiger partial charge in [-0.3, -0.25) is 29.0 Å². The Bertz CT molecular complexity index is 500. The summed E-state index contributed by atoms with van der Waals surface area (Å²) in [5, 5.41) is 36.2. The second-order valence-corrected chi connectivity index (χ2v) is 6.09. The highest BCUT2D eigenvalue weighted by Crippen LogP contribution is 2.27. The number of nitrogens with zero attached hydrogens (tertiary/aromatic N) is 2. The van der Waals surface area contributed by atoms with E-state index >= 15 is 0 Å². The van der Waals surface area contributed by atoms with Gasteiger partial charge < -0.3 is 26.2 Å². The van der Waals surface area contributed by atoms with Crippen molar-refractivity contribution in [3.05, 3.63) is 0 Å². The lowest BCUT2D eigenvalue weighted by atomic mass is 9.84. The largest absolute Gasteiger partial charge is 0.480 e. The number of hydrogen-bond acceptors (Lipinski definition) is 7. The van der Waals surface area contributed by atoms with Crippen LogP contribution in [0.1, 0.15) is 19.3 Å². The molecular formula is C14H24ClN3O8. The summed E-state index contributed by atoms with van der Waals surface area (Å²) in [6.45, 7) is -2.21. The molecule has 3 atom stereocenters. The molecule has 1 aliphatic carbocycles. The first-order valence-electron chi connectivity index (χ1n) is 7.71. The fourth-order valence-electron chi connectivity index (χ4n) is 3.26. The lowest BCUT2D eigenvalue weighted by Gasteiger charge is -2.45. The molecule has 150 valence electrons. The number of carbonyl (C=O) groups is 4. The molecule has 6 N–H and O–H groups in total. The molecule has 0 bridgehead atoms. The summed E-state index contributed by atoms with van der Waals surface area (Å²) < 4.78 is 0. The Balaban J connectivity index is 0.00000625.